The molecule has 1 amide bonds. The number of hydrogen-bond acceptors (Lipinski definition) is 5. The van der Waals surface area contributed by atoms with Gasteiger partial charge >= 0.3 is 0 Å². The van der Waals surface area contributed by atoms with E-state index in [0.29, 0.717) is 17.7 Å². The molecular formula is C19H23N3O5S. The van der Waals surface area contributed by atoms with E-state index in [0.717, 1.165) is 11.1 Å². The van der Waals surface area contributed by atoms with Crippen LogP contribution in [0.2, 0.25) is 0 Å². The number of nitro groups is 1. The van der Waals surface area contributed by atoms with Crippen molar-refractivity contribution in [1.82, 2.24) is 4.72 Å². The van der Waals surface area contributed by atoms with Gasteiger partial charge in [0, 0.05) is 19.0 Å². The molecule has 0 heterocycles. The summed E-state index contributed by atoms with van der Waals surface area (Å²) in [5.41, 5.74) is 2.56. The molecule has 0 aliphatic carbocycles. The minimum absolute atomic E-state index is 0.0704. The third kappa shape index (κ3) is 5.37. The zero-order valence-electron chi connectivity index (χ0n) is 16.0. The van der Waals surface area contributed by atoms with Crippen LogP contribution in [0.25, 0.3) is 0 Å². The number of nitrogens with one attached hydrogen (secondary N) is 2. The number of nitrogens with zero attached hydrogens (tertiary/aromatic N) is 1. The number of hydrogen-bond donors (Lipinski definition) is 2. The summed E-state index contributed by atoms with van der Waals surface area (Å²) in [5, 5.41) is 13.6. The largest absolute Gasteiger partial charge is 0.326 e. The number of sulfonamides is 1. The summed E-state index contributed by atoms with van der Waals surface area (Å²) in [6.07, 6.45) is 0.376. The Kier molecular flexibility index (Phi) is 6.87. The second-order valence-corrected chi connectivity index (χ2v) is 8.27. The van der Waals surface area contributed by atoms with Crippen LogP contribution in [0.15, 0.2) is 41.3 Å². The fourth-order valence-electron chi connectivity index (χ4n) is 2.59. The van der Waals surface area contributed by atoms with Gasteiger partial charge in [0.15, 0.2) is 0 Å². The first kappa shape index (κ1) is 21.5. The Morgan fingerprint density at radius 2 is 1.82 bits per heavy atom. The van der Waals surface area contributed by atoms with Gasteiger partial charge in [-0.1, -0.05) is 12.1 Å². The highest BCUT2D eigenvalue weighted by molar-refractivity contribution is 7.89. The van der Waals surface area contributed by atoms with Gasteiger partial charge in [0.1, 0.15) is 0 Å². The van der Waals surface area contributed by atoms with E-state index in [9.17, 15) is 23.3 Å². The lowest BCUT2D eigenvalue weighted by atomic mass is 10.1. The normalized spacial score (nSPS) is 11.2. The van der Waals surface area contributed by atoms with Crippen molar-refractivity contribution < 1.29 is 18.1 Å². The average molecular weight is 405 g/mol. The highest BCUT2D eigenvalue weighted by Gasteiger charge is 2.16. The molecule has 0 aliphatic heterocycles. The summed E-state index contributed by atoms with van der Waals surface area (Å²) >= 11 is 0. The minimum Gasteiger partial charge on any atom is -0.326 e. The lowest BCUT2D eigenvalue weighted by Gasteiger charge is -2.10. The molecule has 2 aromatic carbocycles. The first-order valence-electron chi connectivity index (χ1n) is 8.72. The Labute approximate surface area is 164 Å². The average Bonchev–Trinajstić information content (AvgIpc) is 2.62. The predicted octanol–water partition coefficient (Wildman–Crippen LogP) is 3.22. The monoisotopic (exact) mass is 405 g/mol. The maximum absolute atomic E-state index is 12.3. The molecule has 2 N–H and O–H groups in total. The van der Waals surface area contributed by atoms with Crippen LogP contribution < -0.4 is 10.0 Å². The van der Waals surface area contributed by atoms with Crippen molar-refractivity contribution in [3.63, 3.8) is 0 Å². The summed E-state index contributed by atoms with van der Waals surface area (Å²) in [6.45, 7) is 5.41. The number of amides is 1. The zero-order chi connectivity index (χ0) is 20.9. The van der Waals surface area contributed by atoms with E-state index in [1.165, 1.54) is 12.1 Å². The summed E-state index contributed by atoms with van der Waals surface area (Å²) in [5.74, 6) is -0.339. The van der Waals surface area contributed by atoms with E-state index in [-0.39, 0.29) is 29.5 Å². The molecule has 0 fully saturated rings. The summed E-state index contributed by atoms with van der Waals surface area (Å²) in [4.78, 5) is 22.7. The van der Waals surface area contributed by atoms with Crippen molar-refractivity contribution >= 4 is 27.3 Å². The first-order chi connectivity index (χ1) is 13.1. The van der Waals surface area contributed by atoms with E-state index in [1.54, 1.807) is 31.2 Å². The quantitative estimate of drug-likeness (QED) is 0.397. The Morgan fingerprint density at radius 1 is 1.11 bits per heavy atom. The zero-order valence-corrected chi connectivity index (χ0v) is 16.8. The number of benzene rings is 2. The standard InChI is InChI=1S/C19H23N3O5S/c1-13-9-10-16(12-14(13)2)28(26,27)20-11-5-8-19(23)21-17-6-4-7-18(15(17)3)22(24)25/h4,6-7,9-10,12,20H,5,8,11H2,1-3H3,(H,21,23). The van der Waals surface area contributed by atoms with Crippen molar-refractivity contribution in [2.24, 2.45) is 0 Å². The van der Waals surface area contributed by atoms with E-state index in [1.807, 2.05) is 13.8 Å². The van der Waals surface area contributed by atoms with Crippen LogP contribution in [-0.4, -0.2) is 25.8 Å². The van der Waals surface area contributed by atoms with Gasteiger partial charge in [0.25, 0.3) is 5.69 Å². The minimum atomic E-state index is -3.63. The van der Waals surface area contributed by atoms with Gasteiger partial charge in [-0.25, -0.2) is 13.1 Å². The summed E-state index contributed by atoms with van der Waals surface area (Å²) in [7, 11) is -3.63. The van der Waals surface area contributed by atoms with Crippen molar-refractivity contribution in [2.75, 3.05) is 11.9 Å². The molecule has 9 heteroatoms. The van der Waals surface area contributed by atoms with Gasteiger partial charge in [-0.2, -0.15) is 0 Å². The molecule has 2 rings (SSSR count). The molecule has 0 aliphatic rings. The first-order valence-corrected chi connectivity index (χ1v) is 10.2. The Bertz CT molecular complexity index is 1000. The SMILES string of the molecule is Cc1ccc(S(=O)(=O)NCCCC(=O)Nc2cccc([N+](=O)[O-])c2C)cc1C. The van der Waals surface area contributed by atoms with Crippen LogP contribution in [-0.2, 0) is 14.8 Å². The third-order valence-electron chi connectivity index (χ3n) is 4.44. The molecule has 0 atom stereocenters. The fourth-order valence-corrected chi connectivity index (χ4v) is 3.75. The van der Waals surface area contributed by atoms with Gasteiger partial charge in [0.05, 0.1) is 21.1 Å². The number of rotatable bonds is 8. The van der Waals surface area contributed by atoms with Crippen LogP contribution in [0.3, 0.4) is 0 Å². The highest BCUT2D eigenvalue weighted by atomic mass is 32.2. The fraction of sp³-hybridized carbons (Fsp3) is 0.316. The van der Waals surface area contributed by atoms with Crippen LogP contribution in [0.4, 0.5) is 11.4 Å². The van der Waals surface area contributed by atoms with Crippen molar-refractivity contribution in [3.8, 4) is 0 Å². The van der Waals surface area contributed by atoms with Gasteiger partial charge in [-0.05, 0) is 56.5 Å². The molecule has 2 aromatic rings. The molecule has 0 saturated carbocycles. The molecule has 28 heavy (non-hydrogen) atoms. The van der Waals surface area contributed by atoms with Crippen molar-refractivity contribution in [1.29, 1.82) is 0 Å². The Balaban J connectivity index is 1.88. The number of nitro benzene ring substituents is 1. The lowest BCUT2D eigenvalue weighted by molar-refractivity contribution is -0.385. The molecule has 0 unspecified atom stereocenters. The molecular weight excluding hydrogens is 382 g/mol. The maximum atomic E-state index is 12.3. The van der Waals surface area contributed by atoms with Gasteiger partial charge in [0.2, 0.25) is 15.9 Å². The molecule has 0 radical (unpaired) electrons. The maximum Gasteiger partial charge on any atom is 0.274 e. The number of carbonyl (C=O) groups excluding carboxylic acids is 1. The molecule has 150 valence electrons. The second kappa shape index (κ2) is 8.94. The van der Waals surface area contributed by atoms with Crippen molar-refractivity contribution in [2.45, 2.75) is 38.5 Å². The molecule has 0 spiro atoms. The van der Waals surface area contributed by atoms with Crippen LogP contribution in [0, 0.1) is 30.9 Å². The Morgan fingerprint density at radius 3 is 2.46 bits per heavy atom. The number of aryl methyl sites for hydroxylation is 2. The van der Waals surface area contributed by atoms with Crippen LogP contribution >= 0.6 is 0 Å². The topological polar surface area (TPSA) is 118 Å². The smallest absolute Gasteiger partial charge is 0.274 e. The highest BCUT2D eigenvalue weighted by Crippen LogP contribution is 2.25. The van der Waals surface area contributed by atoms with E-state index >= 15 is 0 Å². The number of carbonyl (C=O) groups is 1. The number of anilines is 1. The summed E-state index contributed by atoms with van der Waals surface area (Å²) < 4.78 is 27.1. The van der Waals surface area contributed by atoms with Gasteiger partial charge in [-0.3, -0.25) is 14.9 Å². The lowest BCUT2D eigenvalue weighted by Crippen LogP contribution is -2.26. The molecule has 0 bridgehead atoms. The van der Waals surface area contributed by atoms with Crippen LogP contribution in [0.5, 0.6) is 0 Å². The van der Waals surface area contributed by atoms with Crippen LogP contribution in [0.1, 0.15) is 29.5 Å². The molecule has 8 nitrogen and oxygen atoms in total. The second-order valence-electron chi connectivity index (χ2n) is 6.50. The Hall–Kier alpha value is -2.78. The van der Waals surface area contributed by atoms with E-state index < -0.39 is 14.9 Å². The molecule has 0 aromatic heterocycles. The van der Waals surface area contributed by atoms with E-state index in [2.05, 4.69) is 10.0 Å². The third-order valence-corrected chi connectivity index (χ3v) is 5.90. The molecule has 0 saturated heterocycles. The van der Waals surface area contributed by atoms with Gasteiger partial charge in [-0.15, -0.1) is 0 Å². The predicted molar refractivity (Wildman–Crippen MR) is 107 cm³/mol. The van der Waals surface area contributed by atoms with Gasteiger partial charge < -0.3 is 5.32 Å². The summed E-state index contributed by atoms with van der Waals surface area (Å²) in [6, 6.07) is 9.35. The van der Waals surface area contributed by atoms with Crippen molar-refractivity contribution in [3.05, 3.63) is 63.2 Å². The van der Waals surface area contributed by atoms with E-state index in [4.69, 9.17) is 0 Å².